The third-order valence-corrected chi connectivity index (χ3v) is 3.05. The molecule has 3 atom stereocenters. The molecule has 18 heavy (non-hydrogen) atoms. The van der Waals surface area contributed by atoms with Crippen LogP contribution in [0.1, 0.15) is 19.3 Å². The van der Waals surface area contributed by atoms with Crippen molar-refractivity contribution < 1.29 is 15.0 Å². The average Bonchev–Trinajstić information content (AvgIpc) is 2.38. The molecule has 0 aliphatic carbocycles. The third kappa shape index (κ3) is 5.48. The lowest BCUT2D eigenvalue weighted by molar-refractivity contribution is -0.122. The topological polar surface area (TPSA) is 93.6 Å². The molecule has 1 heterocycles. The molecule has 0 saturated carbocycles. The summed E-state index contributed by atoms with van der Waals surface area (Å²) in [5, 5.41) is 26.8. The van der Waals surface area contributed by atoms with Crippen LogP contribution in [0.15, 0.2) is 12.8 Å². The summed E-state index contributed by atoms with van der Waals surface area (Å²) in [6.45, 7) is 4.21. The summed E-state index contributed by atoms with van der Waals surface area (Å²) in [5.41, 5.74) is 0. The fourth-order valence-corrected chi connectivity index (χ4v) is 1.99. The van der Waals surface area contributed by atoms with Gasteiger partial charge in [-0.1, -0.05) is 6.58 Å². The maximum absolute atomic E-state index is 11.6. The van der Waals surface area contributed by atoms with E-state index in [1.54, 1.807) is 6.20 Å². The Labute approximate surface area is 107 Å². The molecule has 6 heteroatoms. The first-order valence-corrected chi connectivity index (χ1v) is 6.31. The van der Waals surface area contributed by atoms with Gasteiger partial charge in [-0.15, -0.1) is 0 Å². The summed E-state index contributed by atoms with van der Waals surface area (Å²) in [7, 11) is 0. The molecule has 0 spiro atoms. The van der Waals surface area contributed by atoms with Gasteiger partial charge >= 0.3 is 0 Å². The standard InChI is InChI=1S/C12H23N3O3/c1-2-13-10-4-3-9(14-6-10)5-12(18)15-7-11(17)8-16/h2,9-11,13-14,16-17H,1,3-8H2,(H,15,18). The van der Waals surface area contributed by atoms with Gasteiger partial charge in [-0.05, 0) is 19.0 Å². The SMILES string of the molecule is C=CNC1CCC(CC(=O)NCC(O)CO)NC1. The number of amides is 1. The Morgan fingerprint density at radius 2 is 2.33 bits per heavy atom. The minimum absolute atomic E-state index is 0.0999. The van der Waals surface area contributed by atoms with Crippen LogP contribution in [0, 0.1) is 0 Å². The van der Waals surface area contributed by atoms with Crippen LogP contribution in [0.25, 0.3) is 0 Å². The van der Waals surface area contributed by atoms with Crippen LogP contribution in [0.2, 0.25) is 0 Å². The number of piperidine rings is 1. The van der Waals surface area contributed by atoms with Gasteiger partial charge in [0, 0.05) is 31.6 Å². The van der Waals surface area contributed by atoms with E-state index < -0.39 is 6.10 Å². The number of rotatable bonds is 7. The molecule has 1 aliphatic heterocycles. The number of nitrogens with one attached hydrogen (secondary N) is 3. The van der Waals surface area contributed by atoms with Gasteiger partial charge in [0.15, 0.2) is 0 Å². The summed E-state index contributed by atoms with van der Waals surface area (Å²) in [5.74, 6) is -0.102. The predicted molar refractivity (Wildman–Crippen MR) is 68.9 cm³/mol. The van der Waals surface area contributed by atoms with Crippen LogP contribution >= 0.6 is 0 Å². The molecule has 0 aromatic rings. The normalized spacial score (nSPS) is 25.2. The molecular formula is C12H23N3O3. The summed E-state index contributed by atoms with van der Waals surface area (Å²) in [6, 6.07) is 0.567. The number of carbonyl (C=O) groups is 1. The van der Waals surface area contributed by atoms with Crippen molar-refractivity contribution >= 4 is 5.91 Å². The van der Waals surface area contributed by atoms with E-state index in [4.69, 9.17) is 10.2 Å². The Hall–Kier alpha value is -1.11. The number of aliphatic hydroxyl groups is 2. The van der Waals surface area contributed by atoms with E-state index in [0.717, 1.165) is 19.4 Å². The monoisotopic (exact) mass is 257 g/mol. The Morgan fingerprint density at radius 3 is 2.89 bits per heavy atom. The number of hydrogen-bond acceptors (Lipinski definition) is 5. The van der Waals surface area contributed by atoms with Gasteiger partial charge in [0.05, 0.1) is 12.7 Å². The molecule has 0 aromatic heterocycles. The summed E-state index contributed by atoms with van der Waals surface area (Å²) in [4.78, 5) is 11.6. The van der Waals surface area contributed by atoms with Crippen molar-refractivity contribution in [1.82, 2.24) is 16.0 Å². The first-order valence-electron chi connectivity index (χ1n) is 6.31. The molecular weight excluding hydrogens is 234 g/mol. The minimum atomic E-state index is -0.880. The molecule has 1 saturated heterocycles. The van der Waals surface area contributed by atoms with Gasteiger partial charge in [-0.3, -0.25) is 4.79 Å². The Morgan fingerprint density at radius 1 is 1.56 bits per heavy atom. The highest BCUT2D eigenvalue weighted by atomic mass is 16.3. The molecule has 3 unspecified atom stereocenters. The van der Waals surface area contributed by atoms with E-state index in [1.807, 2.05) is 0 Å². The number of carbonyl (C=O) groups excluding carboxylic acids is 1. The molecule has 0 radical (unpaired) electrons. The largest absolute Gasteiger partial charge is 0.394 e. The van der Waals surface area contributed by atoms with Crippen LogP contribution in [-0.2, 0) is 4.79 Å². The van der Waals surface area contributed by atoms with E-state index in [-0.39, 0.29) is 25.1 Å². The summed E-state index contributed by atoms with van der Waals surface area (Å²) < 4.78 is 0. The van der Waals surface area contributed by atoms with Gasteiger partial charge in [0.1, 0.15) is 0 Å². The van der Waals surface area contributed by atoms with Crippen molar-refractivity contribution in [2.45, 2.75) is 37.5 Å². The smallest absolute Gasteiger partial charge is 0.221 e. The van der Waals surface area contributed by atoms with Crippen LogP contribution in [0.4, 0.5) is 0 Å². The second kappa shape index (κ2) is 8.07. The number of hydrogen-bond donors (Lipinski definition) is 5. The Balaban J connectivity index is 2.16. The van der Waals surface area contributed by atoms with Gasteiger partial charge in [-0.2, -0.15) is 0 Å². The Bertz CT molecular complexity index is 265. The van der Waals surface area contributed by atoms with Gasteiger partial charge < -0.3 is 26.2 Å². The molecule has 104 valence electrons. The van der Waals surface area contributed by atoms with Crippen molar-refractivity contribution in [2.24, 2.45) is 0 Å². The first-order chi connectivity index (χ1) is 8.65. The lowest BCUT2D eigenvalue weighted by Gasteiger charge is -2.29. The van der Waals surface area contributed by atoms with Crippen molar-refractivity contribution in [2.75, 3.05) is 19.7 Å². The molecule has 6 nitrogen and oxygen atoms in total. The van der Waals surface area contributed by atoms with E-state index in [2.05, 4.69) is 22.5 Å². The molecule has 1 aliphatic rings. The van der Waals surface area contributed by atoms with Gasteiger partial charge in [-0.25, -0.2) is 0 Å². The molecule has 1 fully saturated rings. The van der Waals surface area contributed by atoms with Crippen molar-refractivity contribution in [1.29, 1.82) is 0 Å². The highest BCUT2D eigenvalue weighted by molar-refractivity contribution is 5.76. The van der Waals surface area contributed by atoms with Gasteiger partial charge in [0.2, 0.25) is 5.91 Å². The number of aliphatic hydroxyl groups excluding tert-OH is 2. The first kappa shape index (κ1) is 14.9. The van der Waals surface area contributed by atoms with Gasteiger partial charge in [0.25, 0.3) is 0 Å². The zero-order valence-corrected chi connectivity index (χ0v) is 10.6. The maximum Gasteiger partial charge on any atom is 0.221 e. The Kier molecular flexibility index (Phi) is 6.70. The highest BCUT2D eigenvalue weighted by Crippen LogP contribution is 2.10. The molecule has 1 amide bonds. The molecule has 1 rings (SSSR count). The van der Waals surface area contributed by atoms with Crippen molar-refractivity contribution in [3.8, 4) is 0 Å². The van der Waals surface area contributed by atoms with E-state index in [0.29, 0.717) is 12.5 Å². The van der Waals surface area contributed by atoms with Crippen LogP contribution in [-0.4, -0.2) is 54.0 Å². The fraction of sp³-hybridized carbons (Fsp3) is 0.750. The highest BCUT2D eigenvalue weighted by Gasteiger charge is 2.21. The lowest BCUT2D eigenvalue weighted by atomic mass is 9.98. The second-order valence-electron chi connectivity index (χ2n) is 4.59. The zero-order valence-electron chi connectivity index (χ0n) is 10.6. The average molecular weight is 257 g/mol. The van der Waals surface area contributed by atoms with E-state index in [1.165, 1.54) is 0 Å². The van der Waals surface area contributed by atoms with Crippen LogP contribution < -0.4 is 16.0 Å². The summed E-state index contributed by atoms with van der Waals surface area (Å²) in [6.07, 6.45) is 3.15. The lowest BCUT2D eigenvalue weighted by Crippen LogP contribution is -2.48. The van der Waals surface area contributed by atoms with Crippen molar-refractivity contribution in [3.05, 3.63) is 12.8 Å². The maximum atomic E-state index is 11.6. The summed E-state index contributed by atoms with van der Waals surface area (Å²) >= 11 is 0. The molecule has 5 N–H and O–H groups in total. The second-order valence-corrected chi connectivity index (χ2v) is 4.59. The molecule has 0 bridgehead atoms. The van der Waals surface area contributed by atoms with Crippen LogP contribution in [0.3, 0.4) is 0 Å². The quantitative estimate of drug-likeness (QED) is 0.391. The predicted octanol–water partition coefficient (Wildman–Crippen LogP) is -1.30. The van der Waals surface area contributed by atoms with E-state index in [9.17, 15) is 4.79 Å². The van der Waals surface area contributed by atoms with Crippen molar-refractivity contribution in [3.63, 3.8) is 0 Å². The zero-order chi connectivity index (χ0) is 13.4. The third-order valence-electron chi connectivity index (χ3n) is 3.05. The fourth-order valence-electron chi connectivity index (χ4n) is 1.99. The minimum Gasteiger partial charge on any atom is -0.394 e. The van der Waals surface area contributed by atoms with Crippen LogP contribution in [0.5, 0.6) is 0 Å². The van der Waals surface area contributed by atoms with E-state index >= 15 is 0 Å². The molecule has 0 aromatic carbocycles.